The highest BCUT2D eigenvalue weighted by atomic mass is 32.1. The smallest absolute Gasteiger partial charge is 0.255 e. The van der Waals surface area contributed by atoms with Gasteiger partial charge in [0, 0.05) is 23.3 Å². The lowest BCUT2D eigenvalue weighted by molar-refractivity contribution is -0.0858. The van der Waals surface area contributed by atoms with E-state index in [2.05, 4.69) is 6.92 Å². The Bertz CT molecular complexity index is 528. The zero-order valence-corrected chi connectivity index (χ0v) is 13.5. The number of morpholine rings is 1. The van der Waals surface area contributed by atoms with Crippen molar-refractivity contribution in [3.63, 3.8) is 0 Å². The normalized spacial score (nSPS) is 29.3. The van der Waals surface area contributed by atoms with Crippen LogP contribution in [0.2, 0.25) is 0 Å². The van der Waals surface area contributed by atoms with Gasteiger partial charge in [-0.15, -0.1) is 11.3 Å². The van der Waals surface area contributed by atoms with E-state index in [9.17, 15) is 9.90 Å². The number of amides is 1. The van der Waals surface area contributed by atoms with E-state index in [0.717, 1.165) is 24.3 Å². The topological polar surface area (TPSA) is 49.8 Å². The van der Waals surface area contributed by atoms with Crippen molar-refractivity contribution >= 4 is 17.2 Å². The Morgan fingerprint density at radius 3 is 3.05 bits per heavy atom. The summed E-state index contributed by atoms with van der Waals surface area (Å²) in [6, 6.07) is 0. The van der Waals surface area contributed by atoms with Crippen molar-refractivity contribution in [2.75, 3.05) is 19.7 Å². The average molecular weight is 309 g/mol. The van der Waals surface area contributed by atoms with Gasteiger partial charge in [0.2, 0.25) is 0 Å². The summed E-state index contributed by atoms with van der Waals surface area (Å²) in [4.78, 5) is 16.0. The summed E-state index contributed by atoms with van der Waals surface area (Å²) in [5.41, 5.74) is 2.15. The van der Waals surface area contributed by atoms with Gasteiger partial charge < -0.3 is 14.7 Å². The van der Waals surface area contributed by atoms with Crippen molar-refractivity contribution in [1.82, 2.24) is 4.90 Å². The molecule has 116 valence electrons. The van der Waals surface area contributed by atoms with Gasteiger partial charge in [0.25, 0.3) is 5.91 Å². The number of ether oxygens (including phenoxy) is 1. The molecule has 0 saturated carbocycles. The Labute approximate surface area is 129 Å². The first-order chi connectivity index (χ1) is 10.1. The molecule has 1 aliphatic heterocycles. The summed E-state index contributed by atoms with van der Waals surface area (Å²) in [6.45, 7) is 5.29. The molecule has 1 aromatic heterocycles. The third kappa shape index (κ3) is 3.00. The van der Waals surface area contributed by atoms with Gasteiger partial charge in [0.1, 0.15) is 0 Å². The van der Waals surface area contributed by atoms with Crippen LogP contribution in [0.15, 0.2) is 5.38 Å². The maximum Gasteiger partial charge on any atom is 0.255 e. The van der Waals surface area contributed by atoms with E-state index < -0.39 is 0 Å². The van der Waals surface area contributed by atoms with Gasteiger partial charge in [-0.3, -0.25) is 4.79 Å². The second-order valence-corrected chi connectivity index (χ2v) is 7.32. The first-order valence-electron chi connectivity index (χ1n) is 7.73. The number of hydrogen-bond acceptors (Lipinski definition) is 4. The van der Waals surface area contributed by atoms with Gasteiger partial charge in [-0.05, 0) is 37.7 Å². The lowest BCUT2D eigenvalue weighted by atomic mass is 9.88. The molecule has 0 bridgehead atoms. The Balaban J connectivity index is 1.79. The molecule has 3 atom stereocenters. The predicted molar refractivity (Wildman–Crippen MR) is 82.8 cm³/mol. The molecule has 21 heavy (non-hydrogen) atoms. The molecule has 1 aromatic rings. The summed E-state index contributed by atoms with van der Waals surface area (Å²) >= 11 is 1.73. The van der Waals surface area contributed by atoms with Gasteiger partial charge in [-0.25, -0.2) is 0 Å². The standard InChI is InChI=1S/C16H23NO3S/c1-10-3-4-13-14(9-21-15(13)5-10)16(19)17-6-11(2)20-12(7-17)8-18/h9-12,18H,3-8H2,1-2H3. The molecule has 0 spiro atoms. The van der Waals surface area contributed by atoms with E-state index in [-0.39, 0.29) is 24.7 Å². The number of hydrogen-bond donors (Lipinski definition) is 1. The van der Waals surface area contributed by atoms with Crippen molar-refractivity contribution in [1.29, 1.82) is 0 Å². The van der Waals surface area contributed by atoms with Crippen molar-refractivity contribution in [2.45, 2.75) is 45.3 Å². The fourth-order valence-electron chi connectivity index (χ4n) is 3.34. The quantitative estimate of drug-likeness (QED) is 0.910. The van der Waals surface area contributed by atoms with Crippen molar-refractivity contribution < 1.29 is 14.6 Å². The van der Waals surface area contributed by atoms with Crippen LogP contribution in [0.3, 0.4) is 0 Å². The predicted octanol–water partition coefficient (Wildman–Crippen LogP) is 2.09. The Morgan fingerprint density at radius 2 is 2.29 bits per heavy atom. The monoisotopic (exact) mass is 309 g/mol. The van der Waals surface area contributed by atoms with E-state index in [1.54, 1.807) is 11.3 Å². The fourth-order valence-corrected chi connectivity index (χ4v) is 4.58. The van der Waals surface area contributed by atoms with Crippen LogP contribution in [0.4, 0.5) is 0 Å². The number of carbonyl (C=O) groups is 1. The summed E-state index contributed by atoms with van der Waals surface area (Å²) < 4.78 is 5.62. The van der Waals surface area contributed by atoms with Crippen molar-refractivity contribution in [3.05, 3.63) is 21.4 Å². The van der Waals surface area contributed by atoms with Crippen LogP contribution in [0.25, 0.3) is 0 Å². The molecule has 2 aliphatic rings. The molecule has 1 N–H and O–H groups in total. The van der Waals surface area contributed by atoms with Gasteiger partial charge in [0.05, 0.1) is 24.4 Å². The lowest BCUT2D eigenvalue weighted by Gasteiger charge is -2.36. The van der Waals surface area contributed by atoms with Gasteiger partial charge in [-0.2, -0.15) is 0 Å². The number of fused-ring (bicyclic) bond motifs is 1. The molecular weight excluding hydrogens is 286 g/mol. The number of nitrogens with zero attached hydrogens (tertiary/aromatic N) is 1. The Hall–Kier alpha value is -0.910. The molecule has 1 fully saturated rings. The summed E-state index contributed by atoms with van der Waals surface area (Å²) in [5.74, 6) is 0.830. The largest absolute Gasteiger partial charge is 0.394 e. The van der Waals surface area contributed by atoms with Crippen LogP contribution in [-0.4, -0.2) is 47.8 Å². The highest BCUT2D eigenvalue weighted by Crippen LogP contribution is 2.33. The summed E-state index contributed by atoms with van der Waals surface area (Å²) in [7, 11) is 0. The summed E-state index contributed by atoms with van der Waals surface area (Å²) in [6.07, 6.45) is 3.01. The van der Waals surface area contributed by atoms with E-state index >= 15 is 0 Å². The highest BCUT2D eigenvalue weighted by molar-refractivity contribution is 7.10. The third-order valence-corrected chi connectivity index (χ3v) is 5.50. The molecule has 4 nitrogen and oxygen atoms in total. The zero-order chi connectivity index (χ0) is 15.0. The van der Waals surface area contributed by atoms with Gasteiger partial charge in [-0.1, -0.05) is 6.92 Å². The molecule has 3 rings (SSSR count). The van der Waals surface area contributed by atoms with Crippen LogP contribution < -0.4 is 0 Å². The van der Waals surface area contributed by atoms with Crippen LogP contribution >= 0.6 is 11.3 Å². The first kappa shape index (κ1) is 15.0. The van der Waals surface area contributed by atoms with Crippen LogP contribution in [0, 0.1) is 5.92 Å². The number of aliphatic hydroxyl groups is 1. The minimum absolute atomic E-state index is 0.0191. The van der Waals surface area contributed by atoms with Crippen LogP contribution in [-0.2, 0) is 17.6 Å². The van der Waals surface area contributed by atoms with Crippen molar-refractivity contribution in [3.8, 4) is 0 Å². The first-order valence-corrected chi connectivity index (χ1v) is 8.61. The number of carbonyl (C=O) groups excluding carboxylic acids is 1. The maximum atomic E-state index is 12.8. The zero-order valence-electron chi connectivity index (χ0n) is 12.7. The molecule has 3 unspecified atom stereocenters. The minimum atomic E-state index is -0.257. The second-order valence-electron chi connectivity index (χ2n) is 6.36. The maximum absolute atomic E-state index is 12.8. The van der Waals surface area contributed by atoms with E-state index in [4.69, 9.17) is 4.74 Å². The molecule has 0 radical (unpaired) electrons. The Kier molecular flexibility index (Phi) is 4.33. The highest BCUT2D eigenvalue weighted by Gasteiger charge is 2.31. The molecule has 1 saturated heterocycles. The number of aliphatic hydroxyl groups excluding tert-OH is 1. The fraction of sp³-hybridized carbons (Fsp3) is 0.688. The molecule has 2 heterocycles. The van der Waals surface area contributed by atoms with Crippen molar-refractivity contribution in [2.24, 2.45) is 5.92 Å². The third-order valence-electron chi connectivity index (χ3n) is 4.45. The van der Waals surface area contributed by atoms with E-state index in [1.165, 1.54) is 16.9 Å². The van der Waals surface area contributed by atoms with E-state index in [0.29, 0.717) is 13.1 Å². The molecule has 1 amide bonds. The van der Waals surface area contributed by atoms with Crippen LogP contribution in [0.5, 0.6) is 0 Å². The van der Waals surface area contributed by atoms with Crippen LogP contribution in [0.1, 0.15) is 41.1 Å². The SMILES string of the molecule is CC1CCc2c(C(=O)N3CC(C)OC(CO)C3)csc2C1. The van der Waals surface area contributed by atoms with Gasteiger partial charge >= 0.3 is 0 Å². The van der Waals surface area contributed by atoms with Gasteiger partial charge in [0.15, 0.2) is 0 Å². The molecule has 1 aliphatic carbocycles. The molecular formula is C16H23NO3S. The molecule has 0 aromatic carbocycles. The summed E-state index contributed by atoms with van der Waals surface area (Å²) in [5, 5.41) is 11.3. The Morgan fingerprint density at radius 1 is 1.48 bits per heavy atom. The lowest BCUT2D eigenvalue weighted by Crippen LogP contribution is -2.50. The molecule has 5 heteroatoms. The second kappa shape index (κ2) is 6.07. The number of thiophene rings is 1. The average Bonchev–Trinajstić information content (AvgIpc) is 2.88. The number of rotatable bonds is 2. The minimum Gasteiger partial charge on any atom is -0.394 e. The van der Waals surface area contributed by atoms with E-state index in [1.807, 2.05) is 17.2 Å².